The van der Waals surface area contributed by atoms with Gasteiger partial charge in [-0.1, -0.05) is 120 Å². The van der Waals surface area contributed by atoms with Gasteiger partial charge in [-0.25, -0.2) is 0 Å². The smallest absolute Gasteiger partial charge is 0.249 e. The lowest BCUT2D eigenvalue weighted by Gasteiger charge is -2.34. The number of rotatable bonds is 8. The molecule has 4 amide bonds. The number of carbonyl (C=O) groups is 4. The topological polar surface area (TPSA) is 117 Å². The molecule has 0 aliphatic carbocycles. The lowest BCUT2D eigenvalue weighted by Crippen LogP contribution is -2.53. The van der Waals surface area contributed by atoms with Gasteiger partial charge >= 0.3 is 0 Å². The zero-order valence-electron chi connectivity index (χ0n) is 31.9. The maximum Gasteiger partial charge on any atom is 0.249 e. The van der Waals surface area contributed by atoms with Crippen molar-refractivity contribution in [2.45, 2.75) is 52.9 Å². The summed E-state index contributed by atoms with van der Waals surface area (Å²) in [7, 11) is 3.28. The molecule has 306 valence electrons. The Bertz CT molecular complexity index is 1980. The maximum atomic E-state index is 13.9. The second kappa shape index (κ2) is 19.3. The van der Waals surface area contributed by atoms with E-state index < -0.39 is 15.1 Å². The Balaban J connectivity index is 0.000000179. The number of anilines is 2. The minimum Gasteiger partial charge on any atom is -0.383 e. The van der Waals surface area contributed by atoms with Gasteiger partial charge in [-0.15, -0.1) is 0 Å². The molecule has 0 spiro atoms. The van der Waals surface area contributed by atoms with Crippen LogP contribution in [-0.4, -0.2) is 90.3 Å². The second-order valence-corrected chi connectivity index (χ2v) is 17.9. The zero-order valence-corrected chi connectivity index (χ0v) is 37.3. The van der Waals surface area contributed by atoms with Crippen LogP contribution in [0.5, 0.6) is 0 Å². The van der Waals surface area contributed by atoms with Crippen LogP contribution in [0.1, 0.15) is 47.9 Å². The number of halogens is 5. The van der Waals surface area contributed by atoms with E-state index in [0.717, 1.165) is 34.6 Å². The number of hydrogen-bond donors (Lipinski definition) is 2. The van der Waals surface area contributed by atoms with Gasteiger partial charge in [-0.05, 0) is 80.8 Å². The summed E-state index contributed by atoms with van der Waals surface area (Å²) in [6.45, 7) is 2.23. The molecule has 0 radical (unpaired) electrons. The summed E-state index contributed by atoms with van der Waals surface area (Å²) in [6.07, 6.45) is 3.60. The van der Waals surface area contributed by atoms with E-state index in [1.165, 1.54) is 0 Å². The van der Waals surface area contributed by atoms with Crippen molar-refractivity contribution in [2.75, 3.05) is 51.2 Å². The minimum absolute atomic E-state index is 0.00732. The van der Waals surface area contributed by atoms with Crippen molar-refractivity contribution < 1.29 is 28.7 Å². The molecule has 4 aliphatic rings. The van der Waals surface area contributed by atoms with Gasteiger partial charge in [0.15, 0.2) is 15.1 Å². The van der Waals surface area contributed by atoms with Crippen LogP contribution in [0.3, 0.4) is 0 Å². The fourth-order valence-corrected chi connectivity index (χ4v) is 9.51. The van der Waals surface area contributed by atoms with E-state index >= 15 is 0 Å². The first-order chi connectivity index (χ1) is 27.9. The molecule has 58 heavy (non-hydrogen) atoms. The summed E-state index contributed by atoms with van der Waals surface area (Å²) >= 11 is 21.4. The highest BCUT2D eigenvalue weighted by molar-refractivity contribution is 9.11. The molecule has 0 saturated carbocycles. The minimum atomic E-state index is -1.38. The average molecular weight is 978 g/mol. The Morgan fingerprint density at radius 1 is 0.655 bits per heavy atom. The van der Waals surface area contributed by atoms with Crippen LogP contribution in [0.4, 0.5) is 11.4 Å². The van der Waals surface area contributed by atoms with Gasteiger partial charge in [0.1, 0.15) is 0 Å². The number of carbonyl (C=O) groups excluding carboxylic acids is 4. The number of nitrogens with zero attached hydrogens (tertiary/aromatic N) is 2. The van der Waals surface area contributed by atoms with Crippen molar-refractivity contribution in [3.8, 4) is 0 Å². The lowest BCUT2D eigenvalue weighted by molar-refractivity contribution is -0.143. The van der Waals surface area contributed by atoms with Crippen LogP contribution in [0.15, 0.2) is 106 Å². The summed E-state index contributed by atoms with van der Waals surface area (Å²) < 4.78 is 11.4. The molecule has 4 aromatic rings. The Morgan fingerprint density at radius 3 is 1.36 bits per heavy atom. The van der Waals surface area contributed by atoms with Crippen LogP contribution >= 0.6 is 66.7 Å². The number of benzene rings is 4. The molecule has 4 heterocycles. The lowest BCUT2D eigenvalue weighted by atomic mass is 9.74. The first-order valence-corrected chi connectivity index (χ1v) is 21.7. The highest BCUT2D eigenvalue weighted by Crippen LogP contribution is 2.49. The van der Waals surface area contributed by atoms with Gasteiger partial charge in [0.05, 0.1) is 36.7 Å². The van der Waals surface area contributed by atoms with Gasteiger partial charge in [-0.3, -0.25) is 19.2 Å². The predicted molar refractivity (Wildman–Crippen MR) is 235 cm³/mol. The molecule has 15 heteroatoms. The fraction of sp³-hybridized carbons (Fsp3) is 0.349. The first-order valence-electron chi connectivity index (χ1n) is 18.8. The molecule has 2 saturated heterocycles. The third-order valence-corrected chi connectivity index (χ3v) is 12.4. The van der Waals surface area contributed by atoms with Crippen molar-refractivity contribution in [3.05, 3.63) is 128 Å². The number of hydrogen-bond acceptors (Lipinski definition) is 6. The highest BCUT2D eigenvalue weighted by Gasteiger charge is 2.59. The molecule has 0 unspecified atom stereocenters. The normalized spacial score (nSPS) is 23.0. The molecule has 4 atom stereocenters. The van der Waals surface area contributed by atoms with Gasteiger partial charge in [-0.2, -0.15) is 0 Å². The number of likely N-dealkylation sites (tertiary alicyclic amines) is 2. The van der Waals surface area contributed by atoms with Gasteiger partial charge in [0.2, 0.25) is 23.6 Å². The van der Waals surface area contributed by atoms with Gasteiger partial charge in [0.25, 0.3) is 0 Å². The van der Waals surface area contributed by atoms with E-state index in [4.69, 9.17) is 44.3 Å². The van der Waals surface area contributed by atoms with Gasteiger partial charge < -0.3 is 29.9 Å². The molecule has 4 aliphatic heterocycles. The summed E-state index contributed by atoms with van der Waals surface area (Å²) in [5, 5.41) is 5.88. The van der Waals surface area contributed by atoms with Gasteiger partial charge in [0, 0.05) is 47.4 Å². The average Bonchev–Trinajstić information content (AvgIpc) is 4.00. The molecular formula is C43H43Br2Cl3N4O6. The van der Waals surface area contributed by atoms with E-state index in [-0.39, 0.29) is 35.7 Å². The number of para-hydroxylation sites is 2. The Kier molecular flexibility index (Phi) is 14.6. The second-order valence-electron chi connectivity index (χ2n) is 14.2. The Morgan fingerprint density at radius 2 is 1.02 bits per heavy atom. The van der Waals surface area contributed by atoms with E-state index in [0.29, 0.717) is 59.9 Å². The van der Waals surface area contributed by atoms with Crippen LogP contribution in [0.25, 0.3) is 0 Å². The standard InChI is InChI=1S/2C21H21BrN2O3.CHCl3/c2*1-27-13-15-9-6-12-24(15)20(26)21(14-7-3-2-4-8-14)16-10-5-11-17(22)18(16)23-19(21)25;2-1(3)4/h2*2-5,7-8,10-11,15H,6,9,12-13H2,1H3,(H,23,25);1H/t2*15-,21-;/m00./s1. The summed E-state index contributed by atoms with van der Waals surface area (Å²) in [4.78, 5) is 58.2. The maximum absolute atomic E-state index is 13.9. The zero-order chi connectivity index (χ0) is 41.6. The van der Waals surface area contributed by atoms with Crippen LogP contribution in [-0.2, 0) is 39.5 Å². The molecule has 10 nitrogen and oxygen atoms in total. The van der Waals surface area contributed by atoms with E-state index in [1.807, 2.05) is 107 Å². The van der Waals surface area contributed by atoms with E-state index in [9.17, 15) is 19.2 Å². The number of alkyl halides is 3. The van der Waals surface area contributed by atoms with Crippen LogP contribution in [0.2, 0.25) is 0 Å². The number of amides is 4. The van der Waals surface area contributed by atoms with Crippen LogP contribution in [0, 0.1) is 0 Å². The molecule has 2 fully saturated rings. The summed E-state index contributed by atoms with van der Waals surface area (Å²) in [5.74, 6) is -0.961. The van der Waals surface area contributed by atoms with E-state index in [1.54, 1.807) is 14.2 Å². The predicted octanol–water partition coefficient (Wildman–Crippen LogP) is 8.64. The largest absolute Gasteiger partial charge is 0.383 e. The number of fused-ring (bicyclic) bond motifs is 2. The number of nitrogens with one attached hydrogen (secondary N) is 2. The molecule has 2 N–H and O–H groups in total. The molecule has 4 aromatic carbocycles. The monoisotopic (exact) mass is 974 g/mol. The van der Waals surface area contributed by atoms with Crippen molar-refractivity contribution >= 4 is 102 Å². The third kappa shape index (κ3) is 8.18. The molecule has 0 bridgehead atoms. The van der Waals surface area contributed by atoms with Crippen molar-refractivity contribution in [2.24, 2.45) is 0 Å². The quantitative estimate of drug-likeness (QED) is 0.135. The Hall–Kier alpha value is -3.49. The first kappa shape index (κ1) is 44.1. The SMILES string of the molecule is COC[C@@H]1CCCN1C(=O)[C@]1(c2ccccc2)C(=O)Nc2c(Br)cccc21.COC[C@@H]1CCCN1C(=O)[C@]1(c2ccccc2)C(=O)Nc2c(Br)cccc21.ClC(Cl)Cl. The van der Waals surface area contributed by atoms with Crippen LogP contribution < -0.4 is 10.6 Å². The van der Waals surface area contributed by atoms with Crippen molar-refractivity contribution in [1.29, 1.82) is 0 Å². The fourth-order valence-electron chi connectivity index (χ4n) is 8.58. The highest BCUT2D eigenvalue weighted by atomic mass is 79.9. The van der Waals surface area contributed by atoms with Crippen molar-refractivity contribution in [3.63, 3.8) is 0 Å². The molecule has 0 aromatic heterocycles. The third-order valence-electron chi connectivity index (χ3n) is 11.0. The summed E-state index contributed by atoms with van der Waals surface area (Å²) in [5.41, 5.74) is 1.35. The summed E-state index contributed by atoms with van der Waals surface area (Å²) in [6, 6.07) is 29.8. The molecular weight excluding hydrogens is 935 g/mol. The number of ether oxygens (including phenoxy) is 2. The van der Waals surface area contributed by atoms with Crippen molar-refractivity contribution in [1.82, 2.24) is 9.80 Å². The molecule has 8 rings (SSSR count). The number of methoxy groups -OCH3 is 2. The Labute approximate surface area is 370 Å². The van der Waals surface area contributed by atoms with E-state index in [2.05, 4.69) is 42.5 Å².